The number of nitrogens with one attached hydrogen (secondary N) is 1. The van der Waals surface area contributed by atoms with Crippen molar-refractivity contribution in [3.63, 3.8) is 0 Å². The lowest BCUT2D eigenvalue weighted by Gasteiger charge is -2.08. The highest BCUT2D eigenvalue weighted by molar-refractivity contribution is 5.98. The third kappa shape index (κ3) is 1.23. The zero-order chi connectivity index (χ0) is 10.5. The molecule has 0 saturated heterocycles. The van der Waals surface area contributed by atoms with Crippen LogP contribution in [0.15, 0.2) is 12.1 Å². The number of carbonyl (C=O) groups excluding carboxylic acids is 1. The quantitative estimate of drug-likeness (QED) is 0.656. The maximum Gasteiger partial charge on any atom is 0.235 e. The van der Waals surface area contributed by atoms with Crippen molar-refractivity contribution in [2.75, 3.05) is 17.7 Å². The molecule has 1 aliphatic heterocycles. The number of rotatable bonds is 0. The fourth-order valence-corrected chi connectivity index (χ4v) is 1.71. The van der Waals surface area contributed by atoms with Gasteiger partial charge in [-0.3, -0.25) is 4.79 Å². The average Bonchev–Trinajstić information content (AvgIpc) is 2.98. The second-order valence-corrected chi connectivity index (χ2v) is 4.11. The molecule has 1 fully saturated rings. The van der Waals surface area contributed by atoms with Gasteiger partial charge in [0.15, 0.2) is 11.6 Å². The van der Waals surface area contributed by atoms with Gasteiger partial charge in [0, 0.05) is 0 Å². The Morgan fingerprint density at radius 2 is 2.27 bits per heavy atom. The molecular formula is C10H11N3O2. The van der Waals surface area contributed by atoms with Crippen LogP contribution in [0.25, 0.3) is 0 Å². The number of amides is 1. The topological polar surface area (TPSA) is 77.2 Å². The number of fused-ring (bicyclic) bond motifs is 1. The largest absolute Gasteiger partial charge is 0.489 e. The molecule has 0 bridgehead atoms. The van der Waals surface area contributed by atoms with Gasteiger partial charge >= 0.3 is 0 Å². The third-order valence-electron chi connectivity index (χ3n) is 2.95. The van der Waals surface area contributed by atoms with Crippen LogP contribution in [0.1, 0.15) is 12.8 Å². The molecule has 2 heterocycles. The molecular weight excluding hydrogens is 194 g/mol. The molecule has 0 aromatic carbocycles. The summed E-state index contributed by atoms with van der Waals surface area (Å²) in [5.41, 5.74) is 5.23. The van der Waals surface area contributed by atoms with Crippen LogP contribution in [-0.2, 0) is 4.79 Å². The van der Waals surface area contributed by atoms with Crippen LogP contribution in [-0.4, -0.2) is 17.5 Å². The summed E-state index contributed by atoms with van der Waals surface area (Å²) >= 11 is 0. The van der Waals surface area contributed by atoms with Gasteiger partial charge in [-0.05, 0) is 25.0 Å². The molecule has 0 radical (unpaired) electrons. The molecule has 1 saturated carbocycles. The minimum absolute atomic E-state index is 0.000602. The molecule has 1 amide bonds. The Kier molecular flexibility index (Phi) is 1.49. The van der Waals surface area contributed by atoms with E-state index in [1.807, 2.05) is 0 Å². The summed E-state index contributed by atoms with van der Waals surface area (Å²) in [5.74, 6) is 1.41. The van der Waals surface area contributed by atoms with Gasteiger partial charge in [-0.25, -0.2) is 4.98 Å². The molecule has 0 unspecified atom stereocenters. The van der Waals surface area contributed by atoms with Crippen molar-refractivity contribution in [1.29, 1.82) is 0 Å². The Morgan fingerprint density at radius 1 is 1.47 bits per heavy atom. The predicted octanol–water partition coefficient (Wildman–Crippen LogP) is 0.775. The van der Waals surface area contributed by atoms with Crippen LogP contribution in [0.5, 0.6) is 5.75 Å². The number of nitrogen functional groups attached to an aromatic ring is 1. The Labute approximate surface area is 86.6 Å². The normalized spacial score (nSPS) is 21.2. The van der Waals surface area contributed by atoms with E-state index >= 15 is 0 Å². The van der Waals surface area contributed by atoms with Crippen molar-refractivity contribution in [3.8, 4) is 5.75 Å². The van der Waals surface area contributed by atoms with E-state index in [0.717, 1.165) is 12.8 Å². The highest BCUT2D eigenvalue weighted by Crippen LogP contribution is 2.48. The first-order valence-electron chi connectivity index (χ1n) is 4.90. The van der Waals surface area contributed by atoms with E-state index in [9.17, 15) is 4.79 Å². The lowest BCUT2D eigenvalue weighted by Crippen LogP contribution is -2.26. The summed E-state index contributed by atoms with van der Waals surface area (Å²) in [7, 11) is 0. The molecule has 15 heavy (non-hydrogen) atoms. The number of nitrogens with two attached hydrogens (primary N) is 1. The number of pyridine rings is 1. The molecule has 3 rings (SSSR count). The highest BCUT2D eigenvalue weighted by atomic mass is 16.5. The smallest absolute Gasteiger partial charge is 0.235 e. The van der Waals surface area contributed by atoms with Crippen LogP contribution in [0.4, 0.5) is 11.6 Å². The van der Waals surface area contributed by atoms with Crippen LogP contribution >= 0.6 is 0 Å². The van der Waals surface area contributed by atoms with Crippen molar-refractivity contribution in [2.24, 2.45) is 5.41 Å². The molecule has 5 heteroatoms. The number of carbonyl (C=O) groups is 1. The van der Waals surface area contributed by atoms with Gasteiger partial charge in [0.05, 0.1) is 5.41 Å². The standard InChI is InChI=1S/C10H11N3O2/c11-7-2-1-6-8(12-7)13-9(14)10(3-4-10)5-15-6/h1-2H,3-5H2,(H3,11,12,13,14). The van der Waals surface area contributed by atoms with Crippen molar-refractivity contribution < 1.29 is 9.53 Å². The van der Waals surface area contributed by atoms with E-state index in [0.29, 0.717) is 24.0 Å². The number of anilines is 2. The van der Waals surface area contributed by atoms with Crippen molar-refractivity contribution in [3.05, 3.63) is 12.1 Å². The van der Waals surface area contributed by atoms with E-state index in [2.05, 4.69) is 10.3 Å². The maximum absolute atomic E-state index is 11.8. The number of aromatic nitrogens is 1. The second-order valence-electron chi connectivity index (χ2n) is 4.11. The molecule has 1 aromatic heterocycles. The van der Waals surface area contributed by atoms with Crippen molar-refractivity contribution in [1.82, 2.24) is 4.98 Å². The molecule has 78 valence electrons. The number of hydrogen-bond acceptors (Lipinski definition) is 4. The van der Waals surface area contributed by atoms with Crippen LogP contribution in [0, 0.1) is 5.41 Å². The van der Waals surface area contributed by atoms with Gasteiger partial charge < -0.3 is 15.8 Å². The van der Waals surface area contributed by atoms with E-state index in [-0.39, 0.29) is 11.3 Å². The zero-order valence-corrected chi connectivity index (χ0v) is 8.12. The van der Waals surface area contributed by atoms with Crippen LogP contribution in [0.2, 0.25) is 0 Å². The first-order valence-corrected chi connectivity index (χ1v) is 4.90. The number of hydrogen-bond donors (Lipinski definition) is 2. The number of ether oxygens (including phenoxy) is 1. The number of nitrogens with zero attached hydrogens (tertiary/aromatic N) is 1. The minimum atomic E-state index is -0.310. The first-order chi connectivity index (χ1) is 7.20. The SMILES string of the molecule is Nc1ccc2c(n1)NC(=O)C1(CC1)CO2. The summed E-state index contributed by atoms with van der Waals surface area (Å²) in [4.78, 5) is 15.8. The van der Waals surface area contributed by atoms with Gasteiger partial charge in [-0.1, -0.05) is 0 Å². The van der Waals surface area contributed by atoms with Crippen molar-refractivity contribution >= 4 is 17.5 Å². The first kappa shape index (κ1) is 8.52. The Balaban J connectivity index is 2.00. The molecule has 0 atom stereocenters. The average molecular weight is 205 g/mol. The fraction of sp³-hybridized carbons (Fsp3) is 0.400. The van der Waals surface area contributed by atoms with E-state index in [4.69, 9.17) is 10.5 Å². The molecule has 2 aliphatic rings. The Bertz CT molecular complexity index is 440. The lowest BCUT2D eigenvalue weighted by molar-refractivity contribution is -0.121. The predicted molar refractivity (Wildman–Crippen MR) is 54.4 cm³/mol. The highest BCUT2D eigenvalue weighted by Gasteiger charge is 2.52. The van der Waals surface area contributed by atoms with Gasteiger partial charge in [0.2, 0.25) is 5.91 Å². The van der Waals surface area contributed by atoms with E-state index in [1.165, 1.54) is 0 Å². The van der Waals surface area contributed by atoms with Gasteiger partial charge in [-0.2, -0.15) is 0 Å². The molecule has 1 aromatic rings. The molecule has 3 N–H and O–H groups in total. The molecule has 1 aliphatic carbocycles. The summed E-state index contributed by atoms with van der Waals surface area (Å²) in [6.45, 7) is 0.442. The van der Waals surface area contributed by atoms with Gasteiger partial charge in [0.1, 0.15) is 12.4 Å². The van der Waals surface area contributed by atoms with Gasteiger partial charge in [0.25, 0.3) is 0 Å². The fourth-order valence-electron chi connectivity index (χ4n) is 1.71. The zero-order valence-electron chi connectivity index (χ0n) is 8.12. The van der Waals surface area contributed by atoms with Crippen molar-refractivity contribution in [2.45, 2.75) is 12.8 Å². The second kappa shape index (κ2) is 2.62. The van der Waals surface area contributed by atoms with Crippen LogP contribution < -0.4 is 15.8 Å². The summed E-state index contributed by atoms with van der Waals surface area (Å²) in [6.07, 6.45) is 1.78. The summed E-state index contributed by atoms with van der Waals surface area (Å²) in [5, 5.41) is 2.76. The van der Waals surface area contributed by atoms with Crippen LogP contribution in [0.3, 0.4) is 0 Å². The summed E-state index contributed by atoms with van der Waals surface area (Å²) < 4.78 is 5.55. The van der Waals surface area contributed by atoms with Gasteiger partial charge in [-0.15, -0.1) is 0 Å². The van der Waals surface area contributed by atoms with E-state index in [1.54, 1.807) is 12.1 Å². The maximum atomic E-state index is 11.8. The Morgan fingerprint density at radius 3 is 3.00 bits per heavy atom. The monoisotopic (exact) mass is 205 g/mol. The lowest BCUT2D eigenvalue weighted by atomic mass is 10.1. The van der Waals surface area contributed by atoms with E-state index < -0.39 is 0 Å². The third-order valence-corrected chi connectivity index (χ3v) is 2.95. The molecule has 5 nitrogen and oxygen atoms in total. The summed E-state index contributed by atoms with van der Waals surface area (Å²) in [6, 6.07) is 3.40. The minimum Gasteiger partial charge on any atom is -0.489 e. The Hall–Kier alpha value is -1.78. The molecule has 1 spiro atoms.